The maximum atomic E-state index is 11.9. The number of nitrogens with one attached hydrogen (secondary N) is 2. The van der Waals surface area contributed by atoms with Crippen LogP contribution < -0.4 is 10.6 Å². The van der Waals surface area contributed by atoms with Gasteiger partial charge in [-0.2, -0.15) is 0 Å². The van der Waals surface area contributed by atoms with Gasteiger partial charge in [-0.15, -0.1) is 0 Å². The van der Waals surface area contributed by atoms with E-state index in [9.17, 15) is 19.7 Å². The quantitative estimate of drug-likeness (QED) is 0.564. The van der Waals surface area contributed by atoms with Crippen molar-refractivity contribution in [3.63, 3.8) is 0 Å². The molecule has 1 fully saturated rings. The Morgan fingerprint density at radius 3 is 2.52 bits per heavy atom. The number of carbonyl (C=O) groups is 2. The Hall–Kier alpha value is -2.16. The topological polar surface area (TPSA) is 122 Å². The van der Waals surface area contributed by atoms with Crippen LogP contribution in [0.25, 0.3) is 0 Å². The molecular formula is C12H12BrN3O5. The van der Waals surface area contributed by atoms with Crippen molar-refractivity contribution in [1.82, 2.24) is 5.32 Å². The first-order valence-corrected chi connectivity index (χ1v) is 6.90. The number of carbonyl (C=O) groups excluding carboxylic acids is 1. The SMILES string of the molecule is O=C(Nc1cc([N+](=O)[O-])ccc1Br)NC1(C(=O)O)CCC1. The van der Waals surface area contributed by atoms with Crippen molar-refractivity contribution in [2.45, 2.75) is 24.8 Å². The molecule has 2 rings (SSSR count). The summed E-state index contributed by atoms with van der Waals surface area (Å²) in [6, 6.07) is 3.21. The number of aliphatic carboxylic acids is 1. The maximum absolute atomic E-state index is 11.9. The van der Waals surface area contributed by atoms with Crippen molar-refractivity contribution in [3.05, 3.63) is 32.8 Å². The molecule has 8 nitrogen and oxygen atoms in total. The second kappa shape index (κ2) is 5.68. The smallest absolute Gasteiger partial charge is 0.329 e. The molecule has 0 unspecified atom stereocenters. The van der Waals surface area contributed by atoms with Gasteiger partial charge in [0, 0.05) is 16.6 Å². The lowest BCUT2D eigenvalue weighted by Gasteiger charge is -2.38. The molecule has 1 aliphatic carbocycles. The van der Waals surface area contributed by atoms with Gasteiger partial charge in [-0.3, -0.25) is 10.1 Å². The van der Waals surface area contributed by atoms with E-state index >= 15 is 0 Å². The van der Waals surface area contributed by atoms with E-state index in [4.69, 9.17) is 5.11 Å². The van der Waals surface area contributed by atoms with Crippen molar-refractivity contribution in [2.75, 3.05) is 5.32 Å². The number of anilines is 1. The maximum Gasteiger partial charge on any atom is 0.329 e. The number of hydrogen-bond donors (Lipinski definition) is 3. The van der Waals surface area contributed by atoms with Crippen molar-refractivity contribution in [3.8, 4) is 0 Å². The van der Waals surface area contributed by atoms with Gasteiger partial charge in [-0.25, -0.2) is 9.59 Å². The highest BCUT2D eigenvalue weighted by molar-refractivity contribution is 9.10. The van der Waals surface area contributed by atoms with Crippen molar-refractivity contribution in [2.24, 2.45) is 0 Å². The first-order chi connectivity index (χ1) is 9.84. The molecule has 0 aliphatic heterocycles. The van der Waals surface area contributed by atoms with Gasteiger partial charge >= 0.3 is 12.0 Å². The minimum Gasteiger partial charge on any atom is -0.480 e. The first-order valence-electron chi connectivity index (χ1n) is 6.10. The second-order valence-corrected chi connectivity index (χ2v) is 5.60. The van der Waals surface area contributed by atoms with Crippen LogP contribution in [0.15, 0.2) is 22.7 Å². The van der Waals surface area contributed by atoms with Gasteiger partial charge in [0.15, 0.2) is 0 Å². The summed E-state index contributed by atoms with van der Waals surface area (Å²) in [5.74, 6) is -1.08. The van der Waals surface area contributed by atoms with Crippen LogP contribution in [0.5, 0.6) is 0 Å². The molecule has 0 aromatic heterocycles. The number of carboxylic acids is 1. The summed E-state index contributed by atoms with van der Waals surface area (Å²) in [6.45, 7) is 0. The van der Waals surface area contributed by atoms with E-state index < -0.39 is 22.5 Å². The molecule has 21 heavy (non-hydrogen) atoms. The third-order valence-electron chi connectivity index (χ3n) is 3.38. The van der Waals surface area contributed by atoms with Crippen LogP contribution in [-0.4, -0.2) is 27.6 Å². The first kappa shape index (κ1) is 15.2. The number of rotatable bonds is 4. The van der Waals surface area contributed by atoms with Crippen LogP contribution in [-0.2, 0) is 4.79 Å². The van der Waals surface area contributed by atoms with Gasteiger partial charge in [0.05, 0.1) is 10.6 Å². The van der Waals surface area contributed by atoms with Gasteiger partial charge < -0.3 is 15.7 Å². The minimum atomic E-state index is -1.24. The molecule has 112 valence electrons. The van der Waals surface area contributed by atoms with Crippen molar-refractivity contribution >= 4 is 39.3 Å². The molecule has 1 saturated carbocycles. The Morgan fingerprint density at radius 2 is 2.05 bits per heavy atom. The standard InChI is InChI=1S/C12H12BrN3O5/c13-8-3-2-7(16(20)21)6-9(8)14-11(19)15-12(10(17)18)4-1-5-12/h2-3,6H,1,4-5H2,(H,17,18)(H2,14,15,19). The molecule has 0 spiro atoms. The number of amides is 2. The van der Waals surface area contributed by atoms with Gasteiger partial charge in [-0.1, -0.05) is 0 Å². The highest BCUT2D eigenvalue weighted by Crippen LogP contribution is 2.32. The average molecular weight is 358 g/mol. The molecule has 1 aromatic rings. The Labute approximate surface area is 127 Å². The highest BCUT2D eigenvalue weighted by Gasteiger charge is 2.45. The number of carboxylic acid groups (broad SMARTS) is 1. The largest absolute Gasteiger partial charge is 0.480 e. The van der Waals surface area contributed by atoms with Gasteiger partial charge in [0.2, 0.25) is 0 Å². The Morgan fingerprint density at radius 1 is 1.38 bits per heavy atom. The van der Waals surface area contributed by atoms with E-state index in [1.165, 1.54) is 18.2 Å². The average Bonchev–Trinajstić information content (AvgIpc) is 2.35. The zero-order valence-electron chi connectivity index (χ0n) is 10.8. The van der Waals surface area contributed by atoms with Gasteiger partial charge in [0.1, 0.15) is 5.54 Å². The van der Waals surface area contributed by atoms with Crippen LogP contribution in [0.1, 0.15) is 19.3 Å². The molecule has 0 heterocycles. The van der Waals surface area contributed by atoms with Crippen LogP contribution in [0.3, 0.4) is 0 Å². The van der Waals surface area contributed by atoms with Crippen LogP contribution >= 0.6 is 15.9 Å². The number of hydrogen-bond acceptors (Lipinski definition) is 4. The summed E-state index contributed by atoms with van der Waals surface area (Å²) in [7, 11) is 0. The molecule has 0 radical (unpaired) electrons. The number of halogens is 1. The highest BCUT2D eigenvalue weighted by atomic mass is 79.9. The fourth-order valence-electron chi connectivity index (χ4n) is 2.02. The van der Waals surface area contributed by atoms with E-state index in [1.807, 2.05) is 0 Å². The van der Waals surface area contributed by atoms with E-state index in [0.29, 0.717) is 17.3 Å². The molecular weight excluding hydrogens is 346 g/mol. The fraction of sp³-hybridized carbons (Fsp3) is 0.333. The summed E-state index contributed by atoms with van der Waals surface area (Å²) < 4.78 is 0.459. The summed E-state index contributed by atoms with van der Waals surface area (Å²) in [4.78, 5) is 33.2. The number of benzene rings is 1. The lowest BCUT2D eigenvalue weighted by molar-refractivity contribution is -0.384. The minimum absolute atomic E-state index is 0.176. The van der Waals surface area contributed by atoms with Crippen LogP contribution in [0.2, 0.25) is 0 Å². The number of nitro groups is 1. The molecule has 1 aliphatic rings. The lowest BCUT2D eigenvalue weighted by Crippen LogP contribution is -2.60. The van der Waals surface area contributed by atoms with Crippen LogP contribution in [0.4, 0.5) is 16.2 Å². The third-order valence-corrected chi connectivity index (χ3v) is 4.07. The molecule has 2 amide bonds. The number of non-ortho nitro benzene ring substituents is 1. The molecule has 0 bridgehead atoms. The van der Waals surface area contributed by atoms with Gasteiger partial charge in [0.25, 0.3) is 5.69 Å². The van der Waals surface area contributed by atoms with Crippen molar-refractivity contribution in [1.29, 1.82) is 0 Å². The Balaban J connectivity index is 2.11. The van der Waals surface area contributed by atoms with Crippen molar-refractivity contribution < 1.29 is 19.6 Å². The second-order valence-electron chi connectivity index (χ2n) is 4.74. The zero-order chi connectivity index (χ0) is 15.6. The summed E-state index contributed by atoms with van der Waals surface area (Å²) in [5, 5.41) is 24.7. The molecule has 1 aromatic carbocycles. The fourth-order valence-corrected chi connectivity index (χ4v) is 2.36. The van der Waals surface area contributed by atoms with Crippen LogP contribution in [0, 0.1) is 10.1 Å². The summed E-state index contributed by atoms with van der Waals surface area (Å²) in [6.07, 6.45) is 1.46. The predicted octanol–water partition coefficient (Wildman–Crippen LogP) is 2.49. The lowest BCUT2D eigenvalue weighted by atomic mass is 9.77. The Bertz CT molecular complexity index is 615. The van der Waals surface area contributed by atoms with E-state index in [0.717, 1.165) is 6.42 Å². The third kappa shape index (κ3) is 3.13. The monoisotopic (exact) mass is 357 g/mol. The predicted molar refractivity (Wildman–Crippen MR) is 77.2 cm³/mol. The molecule has 0 atom stereocenters. The van der Waals surface area contributed by atoms with E-state index in [1.54, 1.807) is 0 Å². The molecule has 9 heteroatoms. The van der Waals surface area contributed by atoms with E-state index in [-0.39, 0.29) is 11.4 Å². The Kier molecular flexibility index (Phi) is 4.12. The molecule has 3 N–H and O–H groups in total. The normalized spacial score (nSPS) is 15.7. The van der Waals surface area contributed by atoms with Gasteiger partial charge in [-0.05, 0) is 41.3 Å². The van der Waals surface area contributed by atoms with E-state index in [2.05, 4.69) is 26.6 Å². The number of nitrogens with zero attached hydrogens (tertiary/aromatic N) is 1. The zero-order valence-corrected chi connectivity index (χ0v) is 12.3. The summed E-state index contributed by atoms with van der Waals surface area (Å²) in [5.41, 5.74) is -1.22. The number of nitro benzene ring substituents is 1. The molecule has 0 saturated heterocycles. The summed E-state index contributed by atoms with van der Waals surface area (Å²) >= 11 is 3.17. The number of urea groups is 1.